The first-order valence-electron chi connectivity index (χ1n) is 7.09. The second-order valence-corrected chi connectivity index (χ2v) is 6.09. The molecule has 8 heteroatoms. The predicted octanol–water partition coefficient (Wildman–Crippen LogP) is 4.54. The molecule has 0 aliphatic heterocycles. The van der Waals surface area contributed by atoms with Crippen LogP contribution in [0.1, 0.15) is 16.3 Å². The van der Waals surface area contributed by atoms with Gasteiger partial charge in [-0.1, -0.05) is 30.3 Å². The minimum absolute atomic E-state index is 0.0566. The number of halogens is 3. The zero-order valence-electron chi connectivity index (χ0n) is 12.6. The Labute approximate surface area is 140 Å². The lowest BCUT2D eigenvalue weighted by atomic mass is 10.2. The molecule has 0 saturated heterocycles. The summed E-state index contributed by atoms with van der Waals surface area (Å²) >= 11 is 1.49. The van der Waals surface area contributed by atoms with Crippen molar-refractivity contribution in [3.63, 3.8) is 0 Å². The van der Waals surface area contributed by atoms with Crippen molar-refractivity contribution in [2.45, 2.75) is 19.6 Å². The quantitative estimate of drug-likeness (QED) is 0.751. The van der Waals surface area contributed by atoms with Crippen molar-refractivity contribution >= 4 is 17.3 Å². The molecule has 0 amide bonds. The molecule has 0 unspecified atom stereocenters. The fourth-order valence-corrected chi connectivity index (χ4v) is 3.06. The summed E-state index contributed by atoms with van der Waals surface area (Å²) in [6, 6.07) is 10.6. The van der Waals surface area contributed by atoms with Crippen molar-refractivity contribution in [1.29, 1.82) is 0 Å². The zero-order chi connectivity index (χ0) is 17.2. The molecule has 0 bridgehead atoms. The molecule has 2 aromatic heterocycles. The Balaban J connectivity index is 1.75. The highest BCUT2D eigenvalue weighted by Crippen LogP contribution is 2.29. The van der Waals surface area contributed by atoms with Crippen LogP contribution in [0.4, 0.5) is 19.1 Å². The van der Waals surface area contributed by atoms with Crippen LogP contribution in [0.25, 0.3) is 10.6 Å². The van der Waals surface area contributed by atoms with Crippen LogP contribution in [0.5, 0.6) is 0 Å². The standard InChI is InChI=1S/C16H13F3N4S/c1-10-12(24-14(22-10)11-5-3-2-4-6-11)9-21-15-20-8-7-13(23-15)16(17,18)19/h2-8H,9H2,1H3,(H,20,21,23). The van der Waals surface area contributed by atoms with Crippen molar-refractivity contribution < 1.29 is 13.2 Å². The highest BCUT2D eigenvalue weighted by atomic mass is 32.1. The molecule has 124 valence electrons. The maximum absolute atomic E-state index is 12.7. The van der Waals surface area contributed by atoms with Gasteiger partial charge in [-0.15, -0.1) is 11.3 Å². The van der Waals surface area contributed by atoms with Crippen molar-refractivity contribution in [1.82, 2.24) is 15.0 Å². The summed E-state index contributed by atoms with van der Waals surface area (Å²) in [6.07, 6.45) is -3.40. The highest BCUT2D eigenvalue weighted by Gasteiger charge is 2.32. The largest absolute Gasteiger partial charge is 0.433 e. The first-order valence-corrected chi connectivity index (χ1v) is 7.91. The maximum atomic E-state index is 12.7. The van der Waals surface area contributed by atoms with E-state index in [2.05, 4.69) is 20.3 Å². The van der Waals surface area contributed by atoms with Gasteiger partial charge < -0.3 is 5.32 Å². The molecule has 0 aliphatic carbocycles. The van der Waals surface area contributed by atoms with Gasteiger partial charge in [0.1, 0.15) is 10.7 Å². The van der Waals surface area contributed by atoms with Crippen LogP contribution >= 0.6 is 11.3 Å². The molecule has 24 heavy (non-hydrogen) atoms. The summed E-state index contributed by atoms with van der Waals surface area (Å²) in [4.78, 5) is 12.7. The summed E-state index contributed by atoms with van der Waals surface area (Å²) in [5, 5.41) is 3.70. The lowest BCUT2D eigenvalue weighted by molar-refractivity contribution is -0.141. The summed E-state index contributed by atoms with van der Waals surface area (Å²) < 4.78 is 38.0. The average Bonchev–Trinajstić information content (AvgIpc) is 2.94. The third-order valence-electron chi connectivity index (χ3n) is 3.27. The third kappa shape index (κ3) is 3.70. The molecule has 0 fully saturated rings. The second-order valence-electron chi connectivity index (χ2n) is 5.01. The summed E-state index contributed by atoms with van der Waals surface area (Å²) in [5.41, 5.74) is 0.872. The van der Waals surface area contributed by atoms with Gasteiger partial charge in [-0.3, -0.25) is 0 Å². The zero-order valence-corrected chi connectivity index (χ0v) is 13.4. The number of thiazole rings is 1. The fourth-order valence-electron chi connectivity index (χ4n) is 2.06. The van der Waals surface area contributed by atoms with Gasteiger partial charge in [0.05, 0.1) is 12.2 Å². The molecule has 2 heterocycles. The van der Waals surface area contributed by atoms with E-state index in [1.54, 1.807) is 0 Å². The Morgan fingerprint density at radius 2 is 1.83 bits per heavy atom. The van der Waals surface area contributed by atoms with Gasteiger partial charge in [-0.2, -0.15) is 13.2 Å². The SMILES string of the molecule is Cc1nc(-c2ccccc2)sc1CNc1nccc(C(F)(F)F)n1. The van der Waals surface area contributed by atoms with E-state index in [4.69, 9.17) is 0 Å². The Hall–Kier alpha value is -2.48. The molecular weight excluding hydrogens is 337 g/mol. The van der Waals surface area contributed by atoms with Crippen LogP contribution < -0.4 is 5.32 Å². The summed E-state index contributed by atoms with van der Waals surface area (Å²) in [5.74, 6) is -0.0566. The Morgan fingerprint density at radius 3 is 2.54 bits per heavy atom. The topological polar surface area (TPSA) is 50.7 Å². The molecule has 0 aliphatic rings. The van der Waals surface area contributed by atoms with Crippen molar-refractivity contribution in [3.8, 4) is 10.6 Å². The van der Waals surface area contributed by atoms with E-state index >= 15 is 0 Å². The first kappa shape index (κ1) is 16.4. The van der Waals surface area contributed by atoms with E-state index in [9.17, 15) is 13.2 Å². The number of aromatic nitrogens is 3. The van der Waals surface area contributed by atoms with Crippen LogP contribution in [0.15, 0.2) is 42.6 Å². The third-order valence-corrected chi connectivity index (χ3v) is 4.47. The van der Waals surface area contributed by atoms with E-state index in [1.807, 2.05) is 37.3 Å². The lowest BCUT2D eigenvalue weighted by Gasteiger charge is -2.08. The number of nitrogens with zero attached hydrogens (tertiary/aromatic N) is 3. The van der Waals surface area contributed by atoms with Crippen LogP contribution in [-0.2, 0) is 12.7 Å². The van der Waals surface area contributed by atoms with Crippen LogP contribution in [0.3, 0.4) is 0 Å². The van der Waals surface area contributed by atoms with Crippen LogP contribution in [0, 0.1) is 6.92 Å². The van der Waals surface area contributed by atoms with Gasteiger partial charge in [0.2, 0.25) is 5.95 Å². The van der Waals surface area contributed by atoms with Crippen LogP contribution in [-0.4, -0.2) is 15.0 Å². The normalized spacial score (nSPS) is 11.5. The van der Waals surface area contributed by atoms with Gasteiger partial charge in [-0.05, 0) is 13.0 Å². The summed E-state index contributed by atoms with van der Waals surface area (Å²) in [7, 11) is 0. The minimum Gasteiger partial charge on any atom is -0.349 e. The van der Waals surface area contributed by atoms with E-state index < -0.39 is 11.9 Å². The Bertz CT molecular complexity index is 831. The number of rotatable bonds is 4. The van der Waals surface area contributed by atoms with Gasteiger partial charge in [0.25, 0.3) is 0 Å². The number of alkyl halides is 3. The average molecular weight is 350 g/mol. The monoisotopic (exact) mass is 350 g/mol. The first-order chi connectivity index (χ1) is 11.4. The van der Waals surface area contributed by atoms with Crippen molar-refractivity contribution in [2.24, 2.45) is 0 Å². The fraction of sp³-hybridized carbons (Fsp3) is 0.188. The number of aryl methyl sites for hydroxylation is 1. The highest BCUT2D eigenvalue weighted by molar-refractivity contribution is 7.15. The summed E-state index contributed by atoms with van der Waals surface area (Å²) in [6.45, 7) is 2.19. The number of hydrogen-bond acceptors (Lipinski definition) is 5. The lowest BCUT2D eigenvalue weighted by Crippen LogP contribution is -2.11. The van der Waals surface area contributed by atoms with Gasteiger partial charge in [0, 0.05) is 16.6 Å². The molecule has 0 saturated carbocycles. The second kappa shape index (κ2) is 6.56. The van der Waals surface area contributed by atoms with Crippen molar-refractivity contribution in [3.05, 3.63) is 58.9 Å². The molecule has 3 aromatic rings. The molecule has 4 nitrogen and oxygen atoms in total. The number of benzene rings is 1. The maximum Gasteiger partial charge on any atom is 0.433 e. The van der Waals surface area contributed by atoms with E-state index in [-0.39, 0.29) is 5.95 Å². The minimum atomic E-state index is -4.49. The van der Waals surface area contributed by atoms with E-state index in [0.29, 0.717) is 6.54 Å². The van der Waals surface area contributed by atoms with E-state index in [1.165, 1.54) is 11.3 Å². The van der Waals surface area contributed by atoms with Gasteiger partial charge in [-0.25, -0.2) is 15.0 Å². The Kier molecular flexibility index (Phi) is 4.48. The Morgan fingerprint density at radius 1 is 1.08 bits per heavy atom. The smallest absolute Gasteiger partial charge is 0.349 e. The van der Waals surface area contributed by atoms with E-state index in [0.717, 1.165) is 33.4 Å². The molecular formula is C16H13F3N4S. The number of nitrogens with one attached hydrogen (secondary N) is 1. The molecule has 1 N–H and O–H groups in total. The molecule has 1 aromatic carbocycles. The molecule has 0 atom stereocenters. The van der Waals surface area contributed by atoms with Gasteiger partial charge >= 0.3 is 6.18 Å². The number of anilines is 1. The molecule has 0 spiro atoms. The van der Waals surface area contributed by atoms with Crippen LogP contribution in [0.2, 0.25) is 0 Å². The number of hydrogen-bond donors (Lipinski definition) is 1. The van der Waals surface area contributed by atoms with Gasteiger partial charge in [0.15, 0.2) is 0 Å². The van der Waals surface area contributed by atoms with Crippen molar-refractivity contribution in [2.75, 3.05) is 5.32 Å². The predicted molar refractivity (Wildman–Crippen MR) is 86.6 cm³/mol. The molecule has 3 rings (SSSR count). The molecule has 0 radical (unpaired) electrons.